The Morgan fingerprint density at radius 3 is 2.57 bits per heavy atom. The number of carbonyl (C=O) groups excluding carboxylic acids is 2. The Kier molecular flexibility index (Phi) is 3.92. The third kappa shape index (κ3) is 3.65. The van der Waals surface area contributed by atoms with E-state index < -0.39 is 0 Å². The van der Waals surface area contributed by atoms with E-state index in [1.807, 2.05) is 0 Å². The largest absolute Gasteiger partial charge is 0.352 e. The van der Waals surface area contributed by atoms with Crippen LogP contribution < -0.4 is 5.32 Å². The van der Waals surface area contributed by atoms with E-state index in [4.69, 9.17) is 0 Å². The van der Waals surface area contributed by atoms with Crippen molar-refractivity contribution >= 4 is 27.7 Å². The molecule has 5 heteroatoms. The minimum Gasteiger partial charge on any atom is -0.352 e. The van der Waals surface area contributed by atoms with Gasteiger partial charge in [-0.05, 0) is 19.8 Å². The number of carbonyl (C=O) groups is 2. The second kappa shape index (κ2) is 4.77. The Balaban J connectivity index is 2.27. The highest BCUT2D eigenvalue weighted by Gasteiger charge is 2.24. The van der Waals surface area contributed by atoms with Crippen LogP contribution in [-0.4, -0.2) is 41.2 Å². The van der Waals surface area contributed by atoms with Crippen molar-refractivity contribution < 1.29 is 9.59 Å². The molecule has 1 aliphatic rings. The minimum atomic E-state index is -0.235. The predicted molar refractivity (Wildman–Crippen MR) is 57.2 cm³/mol. The Labute approximate surface area is 92.2 Å². The van der Waals surface area contributed by atoms with Gasteiger partial charge in [0, 0.05) is 13.1 Å². The number of amides is 2. The number of alkyl halides is 1. The van der Waals surface area contributed by atoms with Gasteiger partial charge < -0.3 is 10.2 Å². The number of halogens is 1. The molecule has 1 rings (SSSR count). The average Bonchev–Trinajstić information content (AvgIpc) is 2.86. The maximum atomic E-state index is 11.4. The second-order valence-electron chi connectivity index (χ2n) is 3.65. The van der Waals surface area contributed by atoms with Gasteiger partial charge >= 0.3 is 0 Å². The summed E-state index contributed by atoms with van der Waals surface area (Å²) in [6.45, 7) is 1.89. The van der Waals surface area contributed by atoms with Crippen LogP contribution in [0.2, 0.25) is 0 Å². The van der Waals surface area contributed by atoms with Crippen molar-refractivity contribution in [2.24, 2.45) is 0 Å². The minimum absolute atomic E-state index is 0.0727. The highest BCUT2D eigenvalue weighted by molar-refractivity contribution is 9.10. The molecule has 1 N–H and O–H groups in total. The van der Waals surface area contributed by atoms with Gasteiger partial charge in [-0.1, -0.05) is 15.9 Å². The first-order valence-electron chi connectivity index (χ1n) is 4.69. The Morgan fingerprint density at radius 2 is 2.14 bits per heavy atom. The van der Waals surface area contributed by atoms with Crippen molar-refractivity contribution in [1.82, 2.24) is 10.2 Å². The standard InChI is InChI=1S/C9H15BrN2O2/c1-6(10)9(14)12(2)5-8(13)11-7-3-4-7/h6-7H,3-5H2,1-2H3,(H,11,13). The van der Waals surface area contributed by atoms with Gasteiger partial charge in [0.1, 0.15) is 0 Å². The molecule has 1 saturated carbocycles. The predicted octanol–water partition coefficient (Wildman–Crippen LogP) is 0.507. The molecule has 1 unspecified atom stereocenters. The Morgan fingerprint density at radius 1 is 1.57 bits per heavy atom. The smallest absolute Gasteiger partial charge is 0.239 e. The van der Waals surface area contributed by atoms with E-state index in [2.05, 4.69) is 21.2 Å². The van der Waals surface area contributed by atoms with E-state index >= 15 is 0 Å². The number of hydrogen-bond acceptors (Lipinski definition) is 2. The van der Waals surface area contributed by atoms with Crippen LogP contribution in [0.3, 0.4) is 0 Å². The lowest BCUT2D eigenvalue weighted by atomic mass is 10.4. The molecule has 1 aliphatic carbocycles. The third-order valence-electron chi connectivity index (χ3n) is 2.04. The molecule has 0 bridgehead atoms. The lowest BCUT2D eigenvalue weighted by Crippen LogP contribution is -2.41. The molecule has 0 saturated heterocycles. The summed E-state index contributed by atoms with van der Waals surface area (Å²) >= 11 is 3.17. The highest BCUT2D eigenvalue weighted by Crippen LogP contribution is 2.18. The molecule has 4 nitrogen and oxygen atoms in total. The van der Waals surface area contributed by atoms with Gasteiger partial charge in [0.15, 0.2) is 0 Å². The van der Waals surface area contributed by atoms with Crippen LogP contribution in [0.5, 0.6) is 0 Å². The molecule has 1 atom stereocenters. The van der Waals surface area contributed by atoms with Gasteiger partial charge in [-0.2, -0.15) is 0 Å². The van der Waals surface area contributed by atoms with Gasteiger partial charge in [0.05, 0.1) is 11.4 Å². The number of hydrogen-bond donors (Lipinski definition) is 1. The van der Waals surface area contributed by atoms with Crippen LogP contribution in [0.15, 0.2) is 0 Å². The Hall–Kier alpha value is -0.580. The first kappa shape index (κ1) is 11.5. The normalized spacial score (nSPS) is 17.4. The molecule has 0 aromatic rings. The monoisotopic (exact) mass is 262 g/mol. The number of nitrogens with one attached hydrogen (secondary N) is 1. The van der Waals surface area contributed by atoms with Crippen LogP contribution in [0, 0.1) is 0 Å². The summed E-state index contributed by atoms with van der Waals surface area (Å²) in [6.07, 6.45) is 2.14. The Bertz CT molecular complexity index is 239. The van der Waals surface area contributed by atoms with E-state index in [9.17, 15) is 9.59 Å². The zero-order chi connectivity index (χ0) is 10.7. The summed E-state index contributed by atoms with van der Waals surface area (Å²) < 4.78 is 0. The molecule has 80 valence electrons. The highest BCUT2D eigenvalue weighted by atomic mass is 79.9. The topological polar surface area (TPSA) is 49.4 Å². The second-order valence-corrected chi connectivity index (χ2v) is 5.03. The van der Waals surface area contributed by atoms with Gasteiger partial charge in [0.25, 0.3) is 0 Å². The fourth-order valence-electron chi connectivity index (χ4n) is 1.10. The average molecular weight is 263 g/mol. The van der Waals surface area contributed by atoms with E-state index in [1.165, 1.54) is 4.90 Å². The van der Waals surface area contributed by atoms with Crippen molar-refractivity contribution in [3.05, 3.63) is 0 Å². The molecule has 0 spiro atoms. The summed E-state index contributed by atoms with van der Waals surface area (Å²) in [5.41, 5.74) is 0. The quantitative estimate of drug-likeness (QED) is 0.751. The summed E-state index contributed by atoms with van der Waals surface area (Å²) in [4.78, 5) is 23.9. The molecule has 0 radical (unpaired) electrons. The van der Waals surface area contributed by atoms with Crippen molar-refractivity contribution in [3.63, 3.8) is 0 Å². The first-order chi connectivity index (χ1) is 6.50. The summed E-state index contributed by atoms with van der Waals surface area (Å²) in [6, 6.07) is 0.354. The van der Waals surface area contributed by atoms with Crippen molar-refractivity contribution in [3.8, 4) is 0 Å². The summed E-state index contributed by atoms with van der Waals surface area (Å²) in [7, 11) is 1.63. The van der Waals surface area contributed by atoms with Gasteiger partial charge in [0.2, 0.25) is 11.8 Å². The molecule has 0 aliphatic heterocycles. The molecule has 0 aromatic heterocycles. The molecule has 14 heavy (non-hydrogen) atoms. The molecular formula is C9H15BrN2O2. The zero-order valence-electron chi connectivity index (χ0n) is 8.42. The number of likely N-dealkylation sites (N-methyl/N-ethyl adjacent to an activating group) is 1. The van der Waals surface area contributed by atoms with Gasteiger partial charge in [-0.3, -0.25) is 9.59 Å². The van der Waals surface area contributed by atoms with Crippen LogP contribution in [0.1, 0.15) is 19.8 Å². The first-order valence-corrected chi connectivity index (χ1v) is 5.60. The van der Waals surface area contributed by atoms with Gasteiger partial charge in [-0.15, -0.1) is 0 Å². The van der Waals surface area contributed by atoms with E-state index in [0.717, 1.165) is 12.8 Å². The van der Waals surface area contributed by atoms with E-state index in [-0.39, 0.29) is 23.2 Å². The van der Waals surface area contributed by atoms with Crippen molar-refractivity contribution in [2.75, 3.05) is 13.6 Å². The number of rotatable bonds is 4. The van der Waals surface area contributed by atoms with Crippen molar-refractivity contribution in [2.45, 2.75) is 30.6 Å². The number of nitrogens with zero attached hydrogens (tertiary/aromatic N) is 1. The maximum Gasteiger partial charge on any atom is 0.239 e. The van der Waals surface area contributed by atoms with Crippen LogP contribution >= 0.6 is 15.9 Å². The molecule has 0 aromatic carbocycles. The molecule has 2 amide bonds. The van der Waals surface area contributed by atoms with E-state index in [0.29, 0.717) is 6.04 Å². The zero-order valence-corrected chi connectivity index (χ0v) is 10.0. The maximum absolute atomic E-state index is 11.4. The lowest BCUT2D eigenvalue weighted by molar-refractivity contribution is -0.134. The van der Waals surface area contributed by atoms with Crippen LogP contribution in [0.25, 0.3) is 0 Å². The van der Waals surface area contributed by atoms with Crippen molar-refractivity contribution in [1.29, 1.82) is 0 Å². The fourth-order valence-corrected chi connectivity index (χ4v) is 1.45. The lowest BCUT2D eigenvalue weighted by Gasteiger charge is -2.17. The van der Waals surface area contributed by atoms with E-state index in [1.54, 1.807) is 14.0 Å². The van der Waals surface area contributed by atoms with Crippen LogP contribution in [0.4, 0.5) is 0 Å². The summed E-state index contributed by atoms with van der Waals surface area (Å²) in [5.74, 6) is -0.146. The molecular weight excluding hydrogens is 248 g/mol. The fraction of sp³-hybridized carbons (Fsp3) is 0.778. The SMILES string of the molecule is CC(Br)C(=O)N(C)CC(=O)NC1CC1. The summed E-state index contributed by atoms with van der Waals surface area (Å²) in [5, 5.41) is 2.83. The van der Waals surface area contributed by atoms with Gasteiger partial charge in [-0.25, -0.2) is 0 Å². The third-order valence-corrected chi connectivity index (χ3v) is 2.43. The molecule has 0 heterocycles. The molecule has 1 fully saturated rings. The van der Waals surface area contributed by atoms with Crippen LogP contribution in [-0.2, 0) is 9.59 Å².